The van der Waals surface area contributed by atoms with E-state index >= 15 is 0 Å². The zero-order chi connectivity index (χ0) is 20.7. The Hall–Kier alpha value is -3.35. The van der Waals surface area contributed by atoms with Gasteiger partial charge in [0.1, 0.15) is 11.6 Å². The minimum absolute atomic E-state index is 0.0848. The number of rotatable bonds is 6. The summed E-state index contributed by atoms with van der Waals surface area (Å²) >= 11 is 0. The number of benzene rings is 2. The van der Waals surface area contributed by atoms with E-state index < -0.39 is 23.7 Å². The molecule has 28 heavy (non-hydrogen) atoms. The molecule has 2 aromatic carbocycles. The number of carbonyl (C=O) groups excluding carboxylic acids is 2. The molecule has 0 aliphatic heterocycles. The monoisotopic (exact) mass is 384 g/mol. The average Bonchev–Trinajstić information content (AvgIpc) is 2.61. The third-order valence-electron chi connectivity index (χ3n) is 3.68. The normalized spacial score (nSPS) is 12.0. The van der Waals surface area contributed by atoms with Crippen LogP contribution in [0.15, 0.2) is 54.6 Å². The fraction of sp³-hybridized carbons (Fsp3) is 0.286. The van der Waals surface area contributed by atoms with E-state index in [9.17, 15) is 19.5 Å². The summed E-state index contributed by atoms with van der Waals surface area (Å²) in [6.45, 7) is 5.10. The van der Waals surface area contributed by atoms with Gasteiger partial charge in [0.2, 0.25) is 0 Å². The summed E-state index contributed by atoms with van der Waals surface area (Å²) in [5.74, 6) is -1.39. The number of carbonyl (C=O) groups is 3. The molecular formula is C21H24N2O5. The van der Waals surface area contributed by atoms with Crippen LogP contribution in [0.5, 0.6) is 0 Å². The van der Waals surface area contributed by atoms with E-state index in [1.165, 1.54) is 0 Å². The van der Waals surface area contributed by atoms with Crippen LogP contribution < -0.4 is 10.6 Å². The molecule has 7 heteroatoms. The van der Waals surface area contributed by atoms with Crippen LogP contribution in [0, 0.1) is 0 Å². The molecule has 3 N–H and O–H groups in total. The molecule has 0 spiro atoms. The number of carboxylic acid groups (broad SMARTS) is 1. The van der Waals surface area contributed by atoms with Gasteiger partial charge in [-0.15, -0.1) is 0 Å². The van der Waals surface area contributed by atoms with Crippen LogP contribution in [-0.2, 0) is 16.0 Å². The molecule has 0 saturated heterocycles. The predicted octanol–water partition coefficient (Wildman–Crippen LogP) is 3.46. The molecule has 0 aliphatic carbocycles. The summed E-state index contributed by atoms with van der Waals surface area (Å²) in [5.41, 5.74) is 1.11. The first-order chi connectivity index (χ1) is 13.1. The fourth-order valence-corrected chi connectivity index (χ4v) is 2.40. The predicted molar refractivity (Wildman–Crippen MR) is 105 cm³/mol. The maximum Gasteiger partial charge on any atom is 0.408 e. The van der Waals surface area contributed by atoms with Crippen molar-refractivity contribution in [2.75, 3.05) is 5.32 Å². The maximum absolute atomic E-state index is 12.2. The van der Waals surface area contributed by atoms with Crippen molar-refractivity contribution in [3.05, 3.63) is 65.7 Å². The second-order valence-electron chi connectivity index (χ2n) is 7.26. The Bertz CT molecular complexity index is 826. The second kappa shape index (κ2) is 9.03. The van der Waals surface area contributed by atoms with Crippen molar-refractivity contribution in [1.82, 2.24) is 5.32 Å². The molecule has 0 aromatic heterocycles. The molecule has 2 amide bonds. The number of carboxylic acids is 1. The molecule has 0 radical (unpaired) electrons. The van der Waals surface area contributed by atoms with Crippen LogP contribution >= 0.6 is 0 Å². The van der Waals surface area contributed by atoms with Crippen molar-refractivity contribution in [1.29, 1.82) is 0 Å². The van der Waals surface area contributed by atoms with Crippen LogP contribution in [0.2, 0.25) is 0 Å². The Labute approximate surface area is 163 Å². The number of ether oxygens (including phenoxy) is 1. The maximum atomic E-state index is 12.2. The molecule has 0 fully saturated rings. The average molecular weight is 384 g/mol. The molecule has 7 nitrogen and oxygen atoms in total. The first-order valence-electron chi connectivity index (χ1n) is 8.82. The molecule has 0 heterocycles. The Morgan fingerprint density at radius 1 is 1.00 bits per heavy atom. The lowest BCUT2D eigenvalue weighted by atomic mass is 10.1. The largest absolute Gasteiger partial charge is 0.480 e. The molecule has 0 bridgehead atoms. The molecule has 2 aromatic rings. The van der Waals surface area contributed by atoms with Crippen LogP contribution in [0.25, 0.3) is 0 Å². The number of hydrogen-bond donors (Lipinski definition) is 3. The van der Waals surface area contributed by atoms with Gasteiger partial charge in [0, 0.05) is 17.7 Å². The van der Waals surface area contributed by atoms with Crippen molar-refractivity contribution in [3.8, 4) is 0 Å². The lowest BCUT2D eigenvalue weighted by Crippen LogP contribution is -2.44. The highest BCUT2D eigenvalue weighted by Crippen LogP contribution is 2.14. The van der Waals surface area contributed by atoms with Gasteiger partial charge < -0.3 is 20.5 Å². The number of alkyl carbamates (subject to hydrolysis) is 1. The molecule has 148 valence electrons. The summed E-state index contributed by atoms with van der Waals surface area (Å²) in [6.07, 6.45) is -0.701. The zero-order valence-electron chi connectivity index (χ0n) is 16.1. The van der Waals surface area contributed by atoms with E-state index in [4.69, 9.17) is 4.74 Å². The topological polar surface area (TPSA) is 105 Å². The zero-order valence-corrected chi connectivity index (χ0v) is 16.1. The molecule has 0 saturated carbocycles. The highest BCUT2D eigenvalue weighted by atomic mass is 16.6. The molecule has 0 unspecified atom stereocenters. The van der Waals surface area contributed by atoms with E-state index in [2.05, 4.69) is 10.6 Å². The van der Waals surface area contributed by atoms with Crippen molar-refractivity contribution in [2.24, 2.45) is 0 Å². The summed E-state index contributed by atoms with van der Waals surface area (Å²) in [7, 11) is 0. The van der Waals surface area contributed by atoms with Crippen molar-refractivity contribution < 1.29 is 24.2 Å². The molecule has 1 atom stereocenters. The van der Waals surface area contributed by atoms with Gasteiger partial charge in [0.25, 0.3) is 5.91 Å². The van der Waals surface area contributed by atoms with Gasteiger partial charge in [-0.3, -0.25) is 4.79 Å². The fourth-order valence-electron chi connectivity index (χ4n) is 2.40. The van der Waals surface area contributed by atoms with E-state index in [0.717, 1.165) is 0 Å². The summed E-state index contributed by atoms with van der Waals surface area (Å²) in [5, 5.41) is 14.5. The molecule has 2 rings (SSSR count). The van der Waals surface area contributed by atoms with Crippen LogP contribution in [0.3, 0.4) is 0 Å². The van der Waals surface area contributed by atoms with E-state index in [1.54, 1.807) is 69.3 Å². The second-order valence-corrected chi connectivity index (χ2v) is 7.26. The Balaban J connectivity index is 1.98. The Kier molecular flexibility index (Phi) is 6.76. The van der Waals surface area contributed by atoms with Crippen LogP contribution in [-0.4, -0.2) is 34.7 Å². The Morgan fingerprint density at radius 3 is 2.14 bits per heavy atom. The van der Waals surface area contributed by atoms with E-state index in [-0.39, 0.29) is 12.3 Å². The van der Waals surface area contributed by atoms with E-state index in [1.807, 2.05) is 6.07 Å². The summed E-state index contributed by atoms with van der Waals surface area (Å²) < 4.78 is 5.10. The summed E-state index contributed by atoms with van der Waals surface area (Å²) in [4.78, 5) is 35.4. The van der Waals surface area contributed by atoms with Gasteiger partial charge in [0.15, 0.2) is 0 Å². The number of anilines is 1. The van der Waals surface area contributed by atoms with Crippen molar-refractivity contribution in [2.45, 2.75) is 38.8 Å². The van der Waals surface area contributed by atoms with Gasteiger partial charge >= 0.3 is 12.1 Å². The minimum atomic E-state index is -1.16. The number of nitrogens with one attached hydrogen (secondary N) is 2. The first kappa shape index (κ1) is 21.0. The van der Waals surface area contributed by atoms with Gasteiger partial charge in [-0.05, 0) is 50.6 Å². The summed E-state index contributed by atoms with van der Waals surface area (Å²) in [6, 6.07) is 14.5. The lowest BCUT2D eigenvalue weighted by Gasteiger charge is -2.22. The minimum Gasteiger partial charge on any atom is -0.480 e. The quantitative estimate of drug-likeness (QED) is 0.707. The Morgan fingerprint density at radius 2 is 1.61 bits per heavy atom. The van der Waals surface area contributed by atoms with Gasteiger partial charge in [0.05, 0.1) is 0 Å². The van der Waals surface area contributed by atoms with Gasteiger partial charge in [-0.2, -0.15) is 0 Å². The van der Waals surface area contributed by atoms with Crippen molar-refractivity contribution in [3.63, 3.8) is 0 Å². The molecular weight excluding hydrogens is 360 g/mol. The lowest BCUT2D eigenvalue weighted by molar-refractivity contribution is -0.139. The number of hydrogen-bond acceptors (Lipinski definition) is 4. The highest BCUT2D eigenvalue weighted by Gasteiger charge is 2.24. The van der Waals surface area contributed by atoms with Crippen LogP contribution in [0.1, 0.15) is 36.7 Å². The standard InChI is InChI=1S/C21H24N2O5/c1-21(2,3)28-20(27)23-17(19(25)26)13-14-9-11-16(12-10-14)22-18(24)15-7-5-4-6-8-15/h4-12,17H,13H2,1-3H3,(H,22,24)(H,23,27)(H,25,26)/t17-/m1/s1. The smallest absolute Gasteiger partial charge is 0.408 e. The number of amides is 2. The van der Waals surface area contributed by atoms with Gasteiger partial charge in [-0.1, -0.05) is 30.3 Å². The van der Waals surface area contributed by atoms with Crippen LogP contribution in [0.4, 0.5) is 10.5 Å². The third kappa shape index (κ3) is 6.75. The third-order valence-corrected chi connectivity index (χ3v) is 3.68. The SMILES string of the molecule is CC(C)(C)OC(=O)N[C@H](Cc1ccc(NC(=O)c2ccccc2)cc1)C(=O)O. The highest BCUT2D eigenvalue weighted by molar-refractivity contribution is 6.04. The van der Waals surface area contributed by atoms with Gasteiger partial charge in [-0.25, -0.2) is 9.59 Å². The number of aliphatic carboxylic acids is 1. The first-order valence-corrected chi connectivity index (χ1v) is 8.82. The van der Waals surface area contributed by atoms with Crippen molar-refractivity contribution >= 4 is 23.7 Å². The molecule has 0 aliphatic rings. The van der Waals surface area contributed by atoms with E-state index in [0.29, 0.717) is 16.8 Å².